The quantitative estimate of drug-likeness (QED) is 0.779. The molecule has 2 nitrogen and oxygen atoms in total. The van der Waals surface area contributed by atoms with Crippen LogP contribution in [0.3, 0.4) is 0 Å². The topological polar surface area (TPSA) is 18.5 Å². The Balaban J connectivity index is 2.17. The molecule has 0 saturated heterocycles. The molecule has 2 rings (SSSR count). The maximum Gasteiger partial charge on any atom is 0.0652 e. The van der Waals surface area contributed by atoms with E-state index >= 15 is 0 Å². The van der Waals surface area contributed by atoms with Crippen molar-refractivity contribution in [3.8, 4) is 0 Å². The van der Waals surface area contributed by atoms with Gasteiger partial charge in [0.2, 0.25) is 0 Å². The molecule has 1 aliphatic rings. The number of benzene rings is 1. The van der Waals surface area contributed by atoms with E-state index in [-0.39, 0.29) is 5.41 Å². The normalized spacial score (nSPS) is 28.5. The van der Waals surface area contributed by atoms with Gasteiger partial charge in [0.05, 0.1) is 12.7 Å². The fourth-order valence-corrected chi connectivity index (χ4v) is 3.18. The summed E-state index contributed by atoms with van der Waals surface area (Å²) in [6.45, 7) is 0.792. The molecule has 1 saturated carbocycles. The van der Waals surface area contributed by atoms with Gasteiger partial charge in [0.1, 0.15) is 0 Å². The van der Waals surface area contributed by atoms with Crippen LogP contribution in [0.25, 0.3) is 0 Å². The minimum absolute atomic E-state index is 0.171. The molecule has 17 heavy (non-hydrogen) atoms. The standard InChI is InChI=1S/C15H22O2/c1-16-12-15(10-6-9-14(15)17-2)11-13-7-4-3-5-8-13/h3-5,7-8,14H,6,9-12H2,1-2H3. The Morgan fingerprint density at radius 1 is 1.24 bits per heavy atom. The second-order valence-electron chi connectivity index (χ2n) is 5.07. The van der Waals surface area contributed by atoms with E-state index in [1.54, 1.807) is 7.11 Å². The van der Waals surface area contributed by atoms with Gasteiger partial charge in [-0.2, -0.15) is 0 Å². The Hall–Kier alpha value is -0.860. The highest BCUT2D eigenvalue weighted by atomic mass is 16.5. The molecule has 0 amide bonds. The Morgan fingerprint density at radius 3 is 2.65 bits per heavy atom. The maximum absolute atomic E-state index is 5.67. The number of hydrogen-bond donors (Lipinski definition) is 0. The van der Waals surface area contributed by atoms with Crippen molar-refractivity contribution in [3.63, 3.8) is 0 Å². The van der Waals surface area contributed by atoms with Gasteiger partial charge in [0.15, 0.2) is 0 Å². The van der Waals surface area contributed by atoms with Crippen LogP contribution in [0.15, 0.2) is 30.3 Å². The first-order chi connectivity index (χ1) is 8.30. The highest BCUT2D eigenvalue weighted by molar-refractivity contribution is 5.18. The first-order valence-electron chi connectivity index (χ1n) is 6.36. The van der Waals surface area contributed by atoms with Crippen LogP contribution >= 0.6 is 0 Å². The lowest BCUT2D eigenvalue weighted by Crippen LogP contribution is -2.38. The highest BCUT2D eigenvalue weighted by Crippen LogP contribution is 2.43. The summed E-state index contributed by atoms with van der Waals surface area (Å²) in [6.07, 6.45) is 5.00. The summed E-state index contributed by atoms with van der Waals surface area (Å²) in [6, 6.07) is 10.7. The molecule has 0 aromatic heterocycles. The van der Waals surface area contributed by atoms with Crippen LogP contribution in [0.2, 0.25) is 0 Å². The third kappa shape index (κ3) is 2.70. The minimum Gasteiger partial charge on any atom is -0.384 e. The molecule has 0 N–H and O–H groups in total. The van der Waals surface area contributed by atoms with Crippen molar-refractivity contribution < 1.29 is 9.47 Å². The zero-order valence-electron chi connectivity index (χ0n) is 10.8. The zero-order chi connectivity index (χ0) is 12.1. The monoisotopic (exact) mass is 234 g/mol. The van der Waals surface area contributed by atoms with E-state index in [2.05, 4.69) is 30.3 Å². The fourth-order valence-electron chi connectivity index (χ4n) is 3.18. The van der Waals surface area contributed by atoms with E-state index in [1.165, 1.54) is 18.4 Å². The van der Waals surface area contributed by atoms with Crippen molar-refractivity contribution in [1.82, 2.24) is 0 Å². The van der Waals surface area contributed by atoms with Crippen LogP contribution in [-0.2, 0) is 15.9 Å². The lowest BCUT2D eigenvalue weighted by atomic mass is 9.79. The Labute approximate surface area is 104 Å². The van der Waals surface area contributed by atoms with Crippen molar-refractivity contribution >= 4 is 0 Å². The van der Waals surface area contributed by atoms with Crippen molar-refractivity contribution in [1.29, 1.82) is 0 Å². The van der Waals surface area contributed by atoms with Crippen LogP contribution in [0.5, 0.6) is 0 Å². The summed E-state index contributed by atoms with van der Waals surface area (Å²) in [5.74, 6) is 0. The largest absolute Gasteiger partial charge is 0.384 e. The number of hydrogen-bond acceptors (Lipinski definition) is 2. The molecule has 94 valence electrons. The molecule has 0 radical (unpaired) electrons. The summed E-state index contributed by atoms with van der Waals surface area (Å²) in [5.41, 5.74) is 1.55. The second-order valence-corrected chi connectivity index (χ2v) is 5.07. The van der Waals surface area contributed by atoms with Crippen LogP contribution in [0.4, 0.5) is 0 Å². The highest BCUT2D eigenvalue weighted by Gasteiger charge is 2.43. The van der Waals surface area contributed by atoms with Gasteiger partial charge in [0.25, 0.3) is 0 Å². The Bertz CT molecular complexity index is 336. The Morgan fingerprint density at radius 2 is 2.00 bits per heavy atom. The molecule has 1 aromatic rings. The smallest absolute Gasteiger partial charge is 0.0652 e. The molecule has 0 heterocycles. The first kappa shape index (κ1) is 12.6. The third-order valence-corrected chi connectivity index (χ3v) is 3.94. The van der Waals surface area contributed by atoms with Crippen LogP contribution in [-0.4, -0.2) is 26.9 Å². The van der Waals surface area contributed by atoms with Crippen molar-refractivity contribution in [2.45, 2.75) is 31.8 Å². The Kier molecular flexibility index (Phi) is 4.19. The molecule has 0 spiro atoms. The fraction of sp³-hybridized carbons (Fsp3) is 0.600. The number of rotatable bonds is 5. The van der Waals surface area contributed by atoms with Crippen molar-refractivity contribution in [2.24, 2.45) is 5.41 Å². The van der Waals surface area contributed by atoms with Gasteiger partial charge in [0, 0.05) is 19.6 Å². The summed E-state index contributed by atoms with van der Waals surface area (Å²) in [5, 5.41) is 0. The van der Waals surface area contributed by atoms with E-state index in [4.69, 9.17) is 9.47 Å². The second kappa shape index (κ2) is 5.65. The summed E-state index contributed by atoms with van der Waals surface area (Å²) < 4.78 is 11.1. The van der Waals surface area contributed by atoms with Gasteiger partial charge in [-0.15, -0.1) is 0 Å². The lowest BCUT2D eigenvalue weighted by molar-refractivity contribution is -0.0346. The third-order valence-electron chi connectivity index (χ3n) is 3.94. The average Bonchev–Trinajstić information content (AvgIpc) is 2.73. The first-order valence-corrected chi connectivity index (χ1v) is 6.36. The molecule has 1 fully saturated rings. The summed E-state index contributed by atoms with van der Waals surface area (Å²) in [4.78, 5) is 0. The molecule has 1 aromatic carbocycles. The molecule has 2 atom stereocenters. The van der Waals surface area contributed by atoms with Crippen LogP contribution in [0.1, 0.15) is 24.8 Å². The molecular formula is C15H22O2. The van der Waals surface area contributed by atoms with Crippen LogP contribution in [0, 0.1) is 5.41 Å². The van der Waals surface area contributed by atoms with Crippen LogP contribution < -0.4 is 0 Å². The van der Waals surface area contributed by atoms with Gasteiger partial charge in [-0.3, -0.25) is 0 Å². The molecular weight excluding hydrogens is 212 g/mol. The van der Waals surface area contributed by atoms with E-state index in [1.807, 2.05) is 7.11 Å². The van der Waals surface area contributed by atoms with E-state index in [0.717, 1.165) is 19.4 Å². The summed E-state index contributed by atoms with van der Waals surface area (Å²) in [7, 11) is 3.61. The maximum atomic E-state index is 5.67. The SMILES string of the molecule is COCC1(Cc2ccccc2)CCCC1OC. The lowest BCUT2D eigenvalue weighted by Gasteiger charge is -2.34. The molecule has 0 bridgehead atoms. The summed E-state index contributed by atoms with van der Waals surface area (Å²) >= 11 is 0. The van der Waals surface area contributed by atoms with E-state index in [9.17, 15) is 0 Å². The van der Waals surface area contributed by atoms with Gasteiger partial charge in [-0.25, -0.2) is 0 Å². The number of ether oxygens (including phenoxy) is 2. The van der Waals surface area contributed by atoms with E-state index < -0.39 is 0 Å². The minimum atomic E-state index is 0.171. The van der Waals surface area contributed by atoms with Crippen molar-refractivity contribution in [2.75, 3.05) is 20.8 Å². The van der Waals surface area contributed by atoms with Gasteiger partial charge >= 0.3 is 0 Å². The van der Waals surface area contributed by atoms with Gasteiger partial charge in [-0.1, -0.05) is 36.8 Å². The predicted molar refractivity (Wildman–Crippen MR) is 69.1 cm³/mol. The van der Waals surface area contributed by atoms with Gasteiger partial charge < -0.3 is 9.47 Å². The zero-order valence-corrected chi connectivity index (χ0v) is 10.8. The van der Waals surface area contributed by atoms with Gasteiger partial charge in [-0.05, 0) is 24.8 Å². The van der Waals surface area contributed by atoms with Crippen molar-refractivity contribution in [3.05, 3.63) is 35.9 Å². The average molecular weight is 234 g/mol. The molecule has 2 heteroatoms. The molecule has 1 aliphatic carbocycles. The van der Waals surface area contributed by atoms with E-state index in [0.29, 0.717) is 6.10 Å². The molecule has 2 unspecified atom stereocenters. The number of methoxy groups -OCH3 is 2. The predicted octanol–water partition coefficient (Wildman–Crippen LogP) is 3.06. The molecule has 0 aliphatic heterocycles.